The van der Waals surface area contributed by atoms with E-state index in [1.165, 1.54) is 40.2 Å². The number of piperazine rings is 1. The van der Waals surface area contributed by atoms with Crippen molar-refractivity contribution in [3.8, 4) is 17.2 Å². The number of benzene rings is 3. The summed E-state index contributed by atoms with van der Waals surface area (Å²) < 4.78 is 29.9. The number of fused-ring (bicyclic) bond motifs is 1. The lowest BCUT2D eigenvalue weighted by molar-refractivity contribution is -0.160. The number of Topliss-reactive ketones (excluding diaryl/α,β-unsaturated/α-hetero) is 1. The summed E-state index contributed by atoms with van der Waals surface area (Å²) in [7, 11) is 1.45. The van der Waals surface area contributed by atoms with Gasteiger partial charge < -0.3 is 59.2 Å². The Labute approximate surface area is 398 Å². The molecule has 68 heavy (non-hydrogen) atoms. The number of rotatable bonds is 5. The highest BCUT2D eigenvalue weighted by Gasteiger charge is 2.50. The van der Waals surface area contributed by atoms with Gasteiger partial charge in [0.25, 0.3) is 11.7 Å². The van der Waals surface area contributed by atoms with Crippen LogP contribution in [0.2, 0.25) is 0 Å². The van der Waals surface area contributed by atoms with E-state index in [0.29, 0.717) is 36.0 Å². The molecule has 4 heterocycles. The number of hydrogen-bond acceptors (Lipinski definition) is 16. The fourth-order valence-corrected chi connectivity index (χ4v) is 10.3. The Kier molecular flexibility index (Phi) is 14.7. The number of ketones is 1. The van der Waals surface area contributed by atoms with Gasteiger partial charge in [0.15, 0.2) is 10.9 Å². The lowest BCUT2D eigenvalue weighted by Gasteiger charge is -2.38. The fourth-order valence-electron chi connectivity index (χ4n) is 9.14. The quantitative estimate of drug-likeness (QED) is 0.0992. The predicted octanol–water partition coefficient (Wildman–Crippen LogP) is 7.12. The number of anilines is 2. The zero-order valence-corrected chi connectivity index (χ0v) is 40.5. The van der Waals surface area contributed by atoms with Crippen molar-refractivity contribution in [3.05, 3.63) is 83.2 Å². The molecule has 5 N–H and O–H groups in total. The van der Waals surface area contributed by atoms with Crippen LogP contribution in [0.4, 0.5) is 15.6 Å². The van der Waals surface area contributed by atoms with E-state index in [-0.39, 0.29) is 51.0 Å². The van der Waals surface area contributed by atoms with E-state index in [0.717, 1.165) is 16.9 Å². The average Bonchev–Trinajstić information content (AvgIpc) is 3.88. The van der Waals surface area contributed by atoms with E-state index in [1.54, 1.807) is 57.7 Å². The van der Waals surface area contributed by atoms with Gasteiger partial charge in [-0.25, -0.2) is 9.78 Å². The van der Waals surface area contributed by atoms with Crippen LogP contribution in [-0.2, 0) is 35.1 Å². The number of esters is 1. The molecular weight excluding hydrogens is 897 g/mol. The van der Waals surface area contributed by atoms with Crippen LogP contribution in [0.5, 0.6) is 17.2 Å². The minimum atomic E-state index is -2.00. The number of allylic oxidation sites excluding steroid dienone is 2. The maximum absolute atomic E-state index is 14.8. The molecule has 0 radical (unpaired) electrons. The first-order valence-electron chi connectivity index (χ1n) is 22.6. The first-order chi connectivity index (χ1) is 32.3. The molecule has 0 unspecified atom stereocenters. The zero-order valence-electron chi connectivity index (χ0n) is 39.6. The molecule has 18 heteroatoms. The number of nitrogens with one attached hydrogen (secondary N) is 1. The van der Waals surface area contributed by atoms with Crippen LogP contribution in [0.25, 0.3) is 21.0 Å². The average molecular weight is 957 g/mol. The van der Waals surface area contributed by atoms with Gasteiger partial charge in [-0.3, -0.25) is 14.4 Å². The third-order valence-electron chi connectivity index (χ3n) is 13.4. The maximum atomic E-state index is 14.8. The topological polar surface area (TPSA) is 227 Å². The number of phenols is 2. The number of methoxy groups -OCH3 is 1. The molecule has 3 aliphatic heterocycles. The van der Waals surface area contributed by atoms with Gasteiger partial charge in [0, 0.05) is 87.3 Å². The van der Waals surface area contributed by atoms with Gasteiger partial charge in [0.2, 0.25) is 0 Å². The van der Waals surface area contributed by atoms with Gasteiger partial charge in [-0.15, -0.1) is 0 Å². The van der Waals surface area contributed by atoms with Gasteiger partial charge in [0.1, 0.15) is 29.9 Å². The van der Waals surface area contributed by atoms with E-state index in [9.17, 15) is 39.6 Å². The number of aromatic nitrogens is 1. The third kappa shape index (κ3) is 9.59. The minimum Gasteiger partial charge on any atom is -0.507 e. The van der Waals surface area contributed by atoms with Crippen LogP contribution in [0, 0.1) is 30.6 Å². The summed E-state index contributed by atoms with van der Waals surface area (Å²) in [6.07, 6.45) is 3.29. The second-order valence-electron chi connectivity index (χ2n) is 18.0. The number of aliphatic hydroxyl groups excluding tert-OH is 2. The zero-order chi connectivity index (χ0) is 49.4. The van der Waals surface area contributed by atoms with E-state index >= 15 is 0 Å². The van der Waals surface area contributed by atoms with Crippen LogP contribution in [-0.4, -0.2) is 118 Å². The first-order valence-corrected chi connectivity index (χ1v) is 23.5. The molecule has 0 spiro atoms. The second-order valence-corrected chi connectivity index (χ2v) is 19.0. The highest BCUT2D eigenvalue weighted by atomic mass is 32.1. The van der Waals surface area contributed by atoms with Gasteiger partial charge in [-0.2, -0.15) is 0 Å². The number of aliphatic hydroxyl groups is 2. The van der Waals surface area contributed by atoms with E-state index in [4.69, 9.17) is 28.7 Å². The van der Waals surface area contributed by atoms with Crippen molar-refractivity contribution in [2.75, 3.05) is 43.5 Å². The number of aromatic hydroxyl groups is 2. The van der Waals surface area contributed by atoms with Crippen LogP contribution >= 0.6 is 11.3 Å². The van der Waals surface area contributed by atoms with Gasteiger partial charge in [0.05, 0.1) is 45.7 Å². The molecule has 4 bridgehead atoms. The van der Waals surface area contributed by atoms with Crippen LogP contribution in [0.3, 0.4) is 0 Å². The van der Waals surface area contributed by atoms with Crippen molar-refractivity contribution in [3.63, 3.8) is 0 Å². The van der Waals surface area contributed by atoms with E-state index in [2.05, 4.69) is 5.32 Å². The monoisotopic (exact) mass is 956 g/mol. The van der Waals surface area contributed by atoms with Crippen LogP contribution in [0.15, 0.2) is 66.5 Å². The van der Waals surface area contributed by atoms with Gasteiger partial charge in [-0.1, -0.05) is 87.6 Å². The molecular formula is C50H60N4O13S. The first kappa shape index (κ1) is 49.7. The Balaban J connectivity index is 1.32. The van der Waals surface area contributed by atoms with E-state index in [1.807, 2.05) is 35.2 Å². The SMILES string of the molecule is CO[C@@H]1/C=C/O[C@@]2(C)Oc3c(C)c(O)c4c(O)c(c5sc(N6CCN(C(=O)OCc7ccccc7)CC6)nc5c4c3C2=O)NC(=O)/C(C)=C\C=C\[C@H](C)[C@H](O)[C@@H](C)[C@@H](O)[C@@H](C)[C@H](OC(C)=O)[C@@H]1C. The summed E-state index contributed by atoms with van der Waals surface area (Å²) in [5.41, 5.74) is 1.33. The summed E-state index contributed by atoms with van der Waals surface area (Å²) in [4.78, 5) is 62.8. The molecule has 1 aromatic heterocycles. The number of amides is 2. The summed E-state index contributed by atoms with van der Waals surface area (Å²) in [5.74, 6) is -7.25. The van der Waals surface area contributed by atoms with Crippen molar-refractivity contribution in [1.82, 2.24) is 9.88 Å². The third-order valence-corrected chi connectivity index (χ3v) is 14.5. The van der Waals surface area contributed by atoms with Crippen molar-refractivity contribution in [2.45, 2.75) is 92.2 Å². The number of hydrogen-bond donors (Lipinski definition) is 5. The Morgan fingerprint density at radius 3 is 2.29 bits per heavy atom. The van der Waals surface area contributed by atoms with Crippen molar-refractivity contribution >= 4 is 66.9 Å². The number of carbonyl (C=O) groups excluding carboxylic acids is 4. The molecule has 2 amide bonds. The number of phenolic OH excluding ortho intramolecular Hbond substituents is 2. The fraction of sp³-hybridized carbons (Fsp3) is 0.460. The summed E-state index contributed by atoms with van der Waals surface area (Å²) in [6.45, 7) is 14.2. The number of nitrogens with zero attached hydrogens (tertiary/aromatic N) is 3. The van der Waals surface area contributed by atoms with Crippen molar-refractivity contribution < 1.29 is 63.3 Å². The molecule has 4 aromatic rings. The van der Waals surface area contributed by atoms with Crippen molar-refractivity contribution in [2.24, 2.45) is 23.7 Å². The Bertz CT molecular complexity index is 2680. The highest BCUT2D eigenvalue weighted by molar-refractivity contribution is 7.23. The molecule has 0 aliphatic carbocycles. The molecule has 3 aromatic carbocycles. The van der Waals surface area contributed by atoms with Crippen molar-refractivity contribution in [1.29, 1.82) is 0 Å². The minimum absolute atomic E-state index is 0.00146. The largest absolute Gasteiger partial charge is 0.507 e. The van der Waals surface area contributed by atoms with Gasteiger partial charge >= 0.3 is 17.8 Å². The Morgan fingerprint density at radius 2 is 1.63 bits per heavy atom. The maximum Gasteiger partial charge on any atom is 0.410 e. The van der Waals surface area contributed by atoms with Gasteiger partial charge in [-0.05, 0) is 25.5 Å². The smallest absolute Gasteiger partial charge is 0.410 e. The van der Waals surface area contributed by atoms with Crippen LogP contribution < -0.4 is 15.0 Å². The summed E-state index contributed by atoms with van der Waals surface area (Å²) in [6, 6.07) is 9.37. The highest BCUT2D eigenvalue weighted by Crippen LogP contribution is 2.55. The molecule has 1 saturated heterocycles. The summed E-state index contributed by atoms with van der Waals surface area (Å²) in [5, 5.41) is 50.3. The Morgan fingerprint density at radius 1 is 0.941 bits per heavy atom. The molecule has 3 aliphatic rings. The number of thiazole rings is 1. The number of ether oxygens (including phenoxy) is 5. The molecule has 1 fully saturated rings. The molecule has 7 rings (SSSR count). The normalized spacial score (nSPS) is 29.0. The second kappa shape index (κ2) is 20.2. The Hall–Kier alpha value is -6.21. The summed E-state index contributed by atoms with van der Waals surface area (Å²) >= 11 is 1.15. The standard InChI is InChI=1S/C50H60N4O13S/c1-25-14-13-15-26(2)47(61)51-38-42(59)35-34(37-45(38)68-48(52-37)53-19-21-54(22-20-53)49(62)64-24-32-16-11-10-12-17-32)36-44(30(6)41(35)58)67-50(8,46(36)60)65-23-18-33(63-9)27(3)43(66-31(7)55)29(5)40(57)28(4)39(25)56/h10-18,23,25,27-29,33,39-40,43,56-59H,19-22,24H2,1-9H3,(H,51,61)/b14-13+,23-18+,26-15-/t25-,27+,28+,29+,33+,39-,40+,43+,50-/m0/s1. The predicted molar refractivity (Wildman–Crippen MR) is 256 cm³/mol. The molecule has 17 nitrogen and oxygen atoms in total. The number of carbonyl (C=O) groups is 4. The molecule has 364 valence electrons. The lowest BCUT2D eigenvalue weighted by atomic mass is 9.78. The van der Waals surface area contributed by atoms with Crippen LogP contribution in [0.1, 0.15) is 70.0 Å². The molecule has 0 saturated carbocycles. The van der Waals surface area contributed by atoms with E-state index < -0.39 is 89.1 Å². The lowest BCUT2D eigenvalue weighted by Crippen LogP contribution is -2.48. The molecule has 9 atom stereocenters.